The lowest BCUT2D eigenvalue weighted by molar-refractivity contribution is -0.120. The lowest BCUT2D eigenvalue weighted by atomic mass is 9.99. The zero-order valence-electron chi connectivity index (χ0n) is 16.1. The topological polar surface area (TPSA) is 61.4 Å². The molecule has 0 spiro atoms. The highest BCUT2D eigenvalue weighted by molar-refractivity contribution is 5.99. The molecule has 5 nitrogen and oxygen atoms in total. The summed E-state index contributed by atoms with van der Waals surface area (Å²) in [6, 6.07) is 9.22. The molecule has 0 aromatic heterocycles. The maximum atomic E-state index is 14.9. The Hall–Kier alpha value is -2.80. The monoisotopic (exact) mass is 387 g/mol. The molecule has 1 fully saturated rings. The molecule has 0 bridgehead atoms. The maximum absolute atomic E-state index is 14.9. The van der Waals surface area contributed by atoms with E-state index in [1.165, 1.54) is 24.0 Å². The predicted octanol–water partition coefficient (Wildman–Crippen LogP) is 3.15. The average molecular weight is 387 g/mol. The van der Waals surface area contributed by atoms with Crippen LogP contribution in [-0.2, 0) is 9.59 Å². The van der Waals surface area contributed by atoms with Gasteiger partial charge in [-0.05, 0) is 49.7 Å². The van der Waals surface area contributed by atoms with Crippen molar-refractivity contribution in [2.45, 2.75) is 32.4 Å². The molecule has 3 rings (SSSR count). The van der Waals surface area contributed by atoms with Gasteiger partial charge in [-0.3, -0.25) is 9.59 Å². The highest BCUT2D eigenvalue weighted by atomic mass is 19.2. The molecular weight excluding hydrogens is 364 g/mol. The van der Waals surface area contributed by atoms with Crippen LogP contribution < -0.4 is 15.5 Å². The molecule has 2 N–H and O–H groups in total. The summed E-state index contributed by atoms with van der Waals surface area (Å²) in [5.74, 6) is -2.47. The molecule has 2 unspecified atom stereocenters. The molecule has 28 heavy (non-hydrogen) atoms. The zero-order valence-corrected chi connectivity index (χ0v) is 16.1. The van der Waals surface area contributed by atoms with Crippen molar-refractivity contribution >= 4 is 17.5 Å². The molecule has 1 aliphatic rings. The van der Waals surface area contributed by atoms with Crippen LogP contribution in [0.2, 0.25) is 0 Å². The summed E-state index contributed by atoms with van der Waals surface area (Å²) in [6.07, 6.45) is 0.543. The van der Waals surface area contributed by atoms with Gasteiger partial charge in [0, 0.05) is 19.0 Å². The van der Waals surface area contributed by atoms with Crippen LogP contribution in [0.3, 0.4) is 0 Å². The van der Waals surface area contributed by atoms with Crippen molar-refractivity contribution in [2.24, 2.45) is 0 Å². The standard InChI is InChI=1S/C21H23F2N3O2/c1-12(25-13(2)27)14-5-4-6-15(11-14)16-7-8-18(20(23)19(16)22)26-10-9-17(24-3)21(26)28/h4-8,11-12,17,24H,9-10H2,1-3H3,(H,25,27). The normalized spacial score (nSPS) is 17.7. The quantitative estimate of drug-likeness (QED) is 0.829. The summed E-state index contributed by atoms with van der Waals surface area (Å²) in [5, 5.41) is 5.65. The number of hydrogen-bond donors (Lipinski definition) is 2. The van der Waals surface area contributed by atoms with Gasteiger partial charge in [-0.2, -0.15) is 0 Å². The van der Waals surface area contributed by atoms with Gasteiger partial charge in [-0.25, -0.2) is 8.78 Å². The Balaban J connectivity index is 1.94. The van der Waals surface area contributed by atoms with Crippen LogP contribution in [0.15, 0.2) is 36.4 Å². The van der Waals surface area contributed by atoms with Crippen LogP contribution in [0, 0.1) is 11.6 Å². The Morgan fingerprint density at radius 3 is 2.61 bits per heavy atom. The number of halogens is 2. The second-order valence-corrected chi connectivity index (χ2v) is 6.93. The fourth-order valence-corrected chi connectivity index (χ4v) is 3.52. The Labute approximate surface area is 162 Å². The summed E-state index contributed by atoms with van der Waals surface area (Å²) in [5.41, 5.74) is 1.34. The Kier molecular flexibility index (Phi) is 5.74. The van der Waals surface area contributed by atoms with Gasteiger partial charge in [0.2, 0.25) is 11.8 Å². The minimum atomic E-state index is -1.04. The predicted molar refractivity (Wildman–Crippen MR) is 104 cm³/mol. The number of nitrogens with one attached hydrogen (secondary N) is 2. The summed E-state index contributed by atoms with van der Waals surface area (Å²) >= 11 is 0. The molecular formula is C21H23F2N3O2. The number of likely N-dealkylation sites (N-methyl/N-ethyl adjacent to an activating group) is 1. The fraction of sp³-hybridized carbons (Fsp3) is 0.333. The van der Waals surface area contributed by atoms with E-state index in [2.05, 4.69) is 10.6 Å². The zero-order chi connectivity index (χ0) is 20.4. The Bertz CT molecular complexity index is 917. The van der Waals surface area contributed by atoms with Crippen LogP contribution in [0.5, 0.6) is 0 Å². The average Bonchev–Trinajstić information content (AvgIpc) is 3.04. The second-order valence-electron chi connectivity index (χ2n) is 6.93. The van der Waals surface area contributed by atoms with E-state index in [1.807, 2.05) is 13.0 Å². The van der Waals surface area contributed by atoms with Crippen LogP contribution in [0.1, 0.15) is 31.9 Å². The van der Waals surface area contributed by atoms with Crippen LogP contribution in [-0.4, -0.2) is 31.4 Å². The van der Waals surface area contributed by atoms with E-state index in [-0.39, 0.29) is 35.1 Å². The number of amides is 2. The molecule has 1 aliphatic heterocycles. The fourth-order valence-electron chi connectivity index (χ4n) is 3.52. The first-order valence-electron chi connectivity index (χ1n) is 9.17. The first-order chi connectivity index (χ1) is 13.3. The summed E-state index contributed by atoms with van der Waals surface area (Å²) in [7, 11) is 1.67. The molecule has 1 heterocycles. The van der Waals surface area contributed by atoms with Gasteiger partial charge in [-0.1, -0.05) is 18.2 Å². The third-order valence-corrected chi connectivity index (χ3v) is 5.02. The molecule has 2 aromatic rings. The molecule has 0 saturated carbocycles. The molecule has 7 heteroatoms. The third kappa shape index (κ3) is 3.75. The van der Waals surface area contributed by atoms with E-state index in [4.69, 9.17) is 0 Å². The minimum absolute atomic E-state index is 0.0493. The van der Waals surface area contributed by atoms with Crippen LogP contribution >= 0.6 is 0 Å². The van der Waals surface area contributed by atoms with Gasteiger partial charge in [-0.15, -0.1) is 0 Å². The number of benzene rings is 2. The van der Waals surface area contributed by atoms with Crippen LogP contribution in [0.4, 0.5) is 14.5 Å². The van der Waals surface area contributed by atoms with Crippen molar-refractivity contribution < 1.29 is 18.4 Å². The summed E-state index contributed by atoms with van der Waals surface area (Å²) in [6.45, 7) is 3.58. The molecule has 148 valence electrons. The van der Waals surface area contributed by atoms with E-state index in [0.29, 0.717) is 18.5 Å². The van der Waals surface area contributed by atoms with Crippen molar-refractivity contribution in [2.75, 3.05) is 18.5 Å². The summed E-state index contributed by atoms with van der Waals surface area (Å²) in [4.78, 5) is 24.8. The van der Waals surface area contributed by atoms with Crippen LogP contribution in [0.25, 0.3) is 11.1 Å². The van der Waals surface area contributed by atoms with E-state index < -0.39 is 11.6 Å². The number of carbonyl (C=O) groups excluding carboxylic acids is 2. The third-order valence-electron chi connectivity index (χ3n) is 5.02. The van der Waals surface area contributed by atoms with E-state index in [1.54, 1.807) is 25.2 Å². The maximum Gasteiger partial charge on any atom is 0.244 e. The Morgan fingerprint density at radius 1 is 1.21 bits per heavy atom. The number of carbonyl (C=O) groups is 2. The molecule has 2 atom stereocenters. The first-order valence-corrected chi connectivity index (χ1v) is 9.17. The number of nitrogens with zero attached hydrogens (tertiary/aromatic N) is 1. The SMILES string of the molecule is CNC1CCN(c2ccc(-c3cccc(C(C)NC(C)=O)c3)c(F)c2F)C1=O. The minimum Gasteiger partial charge on any atom is -0.350 e. The molecule has 1 saturated heterocycles. The number of anilines is 1. The van der Waals surface area contributed by atoms with Gasteiger partial charge in [0.05, 0.1) is 17.8 Å². The largest absolute Gasteiger partial charge is 0.350 e. The van der Waals surface area contributed by atoms with Gasteiger partial charge in [0.1, 0.15) is 0 Å². The molecule has 0 aliphatic carbocycles. The first kappa shape index (κ1) is 19.9. The van der Waals surface area contributed by atoms with Gasteiger partial charge >= 0.3 is 0 Å². The lowest BCUT2D eigenvalue weighted by Crippen LogP contribution is -2.36. The van der Waals surface area contributed by atoms with Crippen molar-refractivity contribution in [1.29, 1.82) is 0 Å². The van der Waals surface area contributed by atoms with Crippen molar-refractivity contribution in [1.82, 2.24) is 10.6 Å². The highest BCUT2D eigenvalue weighted by Gasteiger charge is 2.33. The second kappa shape index (κ2) is 8.06. The molecule has 2 amide bonds. The van der Waals surface area contributed by atoms with Gasteiger partial charge in [0.15, 0.2) is 11.6 Å². The van der Waals surface area contributed by atoms with Gasteiger partial charge in [0.25, 0.3) is 0 Å². The highest BCUT2D eigenvalue weighted by Crippen LogP contribution is 2.33. The van der Waals surface area contributed by atoms with E-state index >= 15 is 0 Å². The van der Waals surface area contributed by atoms with Crippen molar-refractivity contribution in [3.05, 3.63) is 53.6 Å². The van der Waals surface area contributed by atoms with Crippen molar-refractivity contribution in [3.8, 4) is 11.1 Å². The van der Waals surface area contributed by atoms with E-state index in [9.17, 15) is 18.4 Å². The number of hydrogen-bond acceptors (Lipinski definition) is 3. The number of rotatable bonds is 5. The van der Waals surface area contributed by atoms with E-state index in [0.717, 1.165) is 5.56 Å². The smallest absolute Gasteiger partial charge is 0.244 e. The molecule has 2 aromatic carbocycles. The lowest BCUT2D eigenvalue weighted by Gasteiger charge is -2.19. The van der Waals surface area contributed by atoms with Gasteiger partial charge < -0.3 is 15.5 Å². The summed E-state index contributed by atoms with van der Waals surface area (Å²) < 4.78 is 29.6. The Morgan fingerprint density at radius 2 is 1.96 bits per heavy atom. The molecule has 0 radical (unpaired) electrons. The van der Waals surface area contributed by atoms with Crippen molar-refractivity contribution in [3.63, 3.8) is 0 Å².